The minimum atomic E-state index is -0.935. The quantitative estimate of drug-likeness (QED) is 0.486. The minimum absolute atomic E-state index is 0.0783. The number of nitrogens with one attached hydrogen (secondary N) is 1. The lowest BCUT2D eigenvalue weighted by Gasteiger charge is -2.21. The molecule has 156 valence electrons. The van der Waals surface area contributed by atoms with E-state index in [9.17, 15) is 14.0 Å². The summed E-state index contributed by atoms with van der Waals surface area (Å²) in [5, 5.41) is 15.9. The molecule has 1 aromatic heterocycles. The zero-order valence-electron chi connectivity index (χ0n) is 16.9. The number of rotatable bonds is 4. The number of nitriles is 1. The van der Waals surface area contributed by atoms with Gasteiger partial charge in [0.2, 0.25) is 0 Å². The first-order valence-electron chi connectivity index (χ1n) is 10.0. The van der Waals surface area contributed by atoms with Gasteiger partial charge in [0.25, 0.3) is 0 Å². The molecule has 0 aliphatic carbocycles. The molecule has 5 nitrogen and oxygen atoms in total. The first kappa shape index (κ1) is 19.6. The molecule has 5 rings (SSSR count). The highest BCUT2D eigenvalue weighted by molar-refractivity contribution is 5.81. The van der Waals surface area contributed by atoms with Crippen molar-refractivity contribution >= 4 is 6.21 Å². The highest BCUT2D eigenvalue weighted by atomic mass is 19.2. The molecule has 0 fully saturated rings. The number of aromatic amines is 1. The molecule has 0 radical (unpaired) electrons. The van der Waals surface area contributed by atoms with E-state index in [2.05, 4.69) is 21.1 Å². The summed E-state index contributed by atoms with van der Waals surface area (Å²) in [6.45, 7) is 0.887. The minimum Gasteiger partial charge on any atom is -0.337 e. The molecule has 0 unspecified atom stereocenters. The van der Waals surface area contributed by atoms with Crippen LogP contribution in [0.15, 0.2) is 71.8 Å². The van der Waals surface area contributed by atoms with Crippen molar-refractivity contribution in [2.45, 2.75) is 13.1 Å². The van der Waals surface area contributed by atoms with E-state index >= 15 is 0 Å². The fourth-order valence-electron chi connectivity index (χ4n) is 3.78. The van der Waals surface area contributed by atoms with Crippen molar-refractivity contribution in [3.05, 3.63) is 101 Å². The molecule has 3 aromatic carbocycles. The molecular formula is C25H17F2N5. The highest BCUT2D eigenvalue weighted by Crippen LogP contribution is 2.27. The number of fused-ring (bicyclic) bond motifs is 1. The van der Waals surface area contributed by atoms with Gasteiger partial charge in [-0.3, -0.25) is 5.01 Å². The van der Waals surface area contributed by atoms with Gasteiger partial charge in [0.15, 0.2) is 11.6 Å². The standard InChI is InChI=1S/C25H17F2N5/c26-21-8-4-7-20(24(21)27)25-30-22-13-29-32(15-23(22)31-25)14-16-9-10-19(18(11-16)12-28)17-5-2-1-3-6-17/h1-11,13H,14-15H2,(H,30,31). The van der Waals surface area contributed by atoms with E-state index in [1.165, 1.54) is 12.1 Å². The number of H-pyrrole nitrogens is 1. The largest absolute Gasteiger partial charge is 0.337 e. The molecule has 1 N–H and O–H groups in total. The number of hydrogen-bond donors (Lipinski definition) is 1. The number of imidazole rings is 1. The number of aromatic nitrogens is 2. The van der Waals surface area contributed by atoms with Crippen LogP contribution in [0.2, 0.25) is 0 Å². The van der Waals surface area contributed by atoms with Gasteiger partial charge in [-0.2, -0.15) is 10.4 Å². The topological polar surface area (TPSA) is 68.1 Å². The van der Waals surface area contributed by atoms with Gasteiger partial charge in [-0.1, -0.05) is 48.5 Å². The zero-order valence-corrected chi connectivity index (χ0v) is 16.9. The summed E-state index contributed by atoms with van der Waals surface area (Å²) in [7, 11) is 0. The van der Waals surface area contributed by atoms with Gasteiger partial charge in [-0.05, 0) is 34.9 Å². The van der Waals surface area contributed by atoms with Crippen LogP contribution in [0.3, 0.4) is 0 Å². The van der Waals surface area contributed by atoms with Crippen molar-refractivity contribution in [3.8, 4) is 28.6 Å². The zero-order chi connectivity index (χ0) is 22.1. The van der Waals surface area contributed by atoms with E-state index in [1.807, 2.05) is 53.5 Å². The maximum absolute atomic E-state index is 14.1. The van der Waals surface area contributed by atoms with Gasteiger partial charge in [0.05, 0.1) is 47.9 Å². The first-order chi connectivity index (χ1) is 15.6. The Balaban J connectivity index is 1.36. The lowest BCUT2D eigenvalue weighted by molar-refractivity contribution is 0.265. The van der Waals surface area contributed by atoms with Crippen LogP contribution >= 0.6 is 0 Å². The Morgan fingerprint density at radius 1 is 1.00 bits per heavy atom. The van der Waals surface area contributed by atoms with Gasteiger partial charge >= 0.3 is 0 Å². The summed E-state index contributed by atoms with van der Waals surface area (Å²) in [6.07, 6.45) is 1.62. The summed E-state index contributed by atoms with van der Waals surface area (Å²) in [5.41, 5.74) is 4.85. The molecule has 0 saturated heterocycles. The Morgan fingerprint density at radius 2 is 1.84 bits per heavy atom. The van der Waals surface area contributed by atoms with Crippen molar-refractivity contribution in [3.63, 3.8) is 0 Å². The Labute approximate surface area is 183 Å². The van der Waals surface area contributed by atoms with Gasteiger partial charge in [-0.25, -0.2) is 13.8 Å². The smallest absolute Gasteiger partial charge is 0.169 e. The number of halogens is 2. The molecule has 4 aromatic rings. The first-order valence-corrected chi connectivity index (χ1v) is 10.0. The van der Waals surface area contributed by atoms with E-state index < -0.39 is 11.6 Å². The van der Waals surface area contributed by atoms with Crippen LogP contribution in [0.4, 0.5) is 8.78 Å². The maximum Gasteiger partial charge on any atom is 0.169 e. The summed E-state index contributed by atoms with van der Waals surface area (Å²) in [4.78, 5) is 7.46. The number of hydrazone groups is 1. The van der Waals surface area contributed by atoms with Gasteiger partial charge in [0.1, 0.15) is 5.82 Å². The third-order valence-corrected chi connectivity index (χ3v) is 5.35. The van der Waals surface area contributed by atoms with E-state index in [0.717, 1.165) is 22.8 Å². The predicted molar refractivity (Wildman–Crippen MR) is 117 cm³/mol. The molecule has 0 bridgehead atoms. The van der Waals surface area contributed by atoms with Gasteiger partial charge in [0, 0.05) is 0 Å². The van der Waals surface area contributed by atoms with Crippen LogP contribution in [0.1, 0.15) is 22.5 Å². The second-order valence-corrected chi connectivity index (χ2v) is 7.47. The molecule has 1 aliphatic heterocycles. The van der Waals surface area contributed by atoms with E-state index in [-0.39, 0.29) is 11.4 Å². The van der Waals surface area contributed by atoms with Crippen LogP contribution in [0, 0.1) is 23.0 Å². The highest BCUT2D eigenvalue weighted by Gasteiger charge is 2.20. The molecule has 0 amide bonds. The molecule has 1 aliphatic rings. The van der Waals surface area contributed by atoms with Crippen LogP contribution in [0.25, 0.3) is 22.5 Å². The van der Waals surface area contributed by atoms with Gasteiger partial charge < -0.3 is 4.98 Å². The Kier molecular flexibility index (Phi) is 4.96. The average molecular weight is 425 g/mol. The normalized spacial score (nSPS) is 12.5. The second-order valence-electron chi connectivity index (χ2n) is 7.47. The Bertz CT molecular complexity index is 1370. The molecule has 7 heteroatoms. The SMILES string of the molecule is N#Cc1cc(CN2Cc3nc(-c4cccc(F)c4F)[nH]c3C=N2)ccc1-c1ccccc1. The molecule has 0 atom stereocenters. The fraction of sp³-hybridized carbons (Fsp3) is 0.0800. The summed E-state index contributed by atoms with van der Waals surface area (Å²) in [5.74, 6) is -1.59. The van der Waals surface area contributed by atoms with Crippen molar-refractivity contribution in [2.24, 2.45) is 5.10 Å². The lowest BCUT2D eigenvalue weighted by Crippen LogP contribution is -2.21. The van der Waals surface area contributed by atoms with E-state index in [0.29, 0.717) is 30.0 Å². The monoisotopic (exact) mass is 425 g/mol. The molecule has 0 spiro atoms. The number of benzene rings is 3. The molecule has 32 heavy (non-hydrogen) atoms. The summed E-state index contributed by atoms with van der Waals surface area (Å²) in [6, 6.07) is 21.8. The predicted octanol–water partition coefficient (Wildman–Crippen LogP) is 5.24. The van der Waals surface area contributed by atoms with Crippen LogP contribution < -0.4 is 0 Å². The van der Waals surface area contributed by atoms with E-state index in [1.54, 1.807) is 6.21 Å². The maximum atomic E-state index is 14.1. The number of hydrogen-bond acceptors (Lipinski definition) is 4. The second kappa shape index (κ2) is 8.08. The van der Waals surface area contributed by atoms with Crippen LogP contribution in [-0.4, -0.2) is 21.2 Å². The van der Waals surface area contributed by atoms with Crippen LogP contribution in [-0.2, 0) is 13.1 Å². The summed E-state index contributed by atoms with van der Waals surface area (Å²) < 4.78 is 27.7. The van der Waals surface area contributed by atoms with Crippen molar-refractivity contribution in [1.29, 1.82) is 5.26 Å². The van der Waals surface area contributed by atoms with Crippen molar-refractivity contribution in [2.75, 3.05) is 0 Å². The molecular weight excluding hydrogens is 408 g/mol. The average Bonchev–Trinajstić information content (AvgIpc) is 3.24. The molecule has 2 heterocycles. The molecule has 0 saturated carbocycles. The number of nitrogens with zero attached hydrogens (tertiary/aromatic N) is 4. The Morgan fingerprint density at radius 3 is 2.66 bits per heavy atom. The lowest BCUT2D eigenvalue weighted by atomic mass is 9.98. The fourth-order valence-corrected chi connectivity index (χ4v) is 3.78. The van der Waals surface area contributed by atoms with Crippen molar-refractivity contribution < 1.29 is 8.78 Å². The summed E-state index contributed by atoms with van der Waals surface area (Å²) >= 11 is 0. The third kappa shape index (κ3) is 3.63. The van der Waals surface area contributed by atoms with Gasteiger partial charge in [-0.15, -0.1) is 0 Å². The Hall–Kier alpha value is -4.31. The van der Waals surface area contributed by atoms with Crippen molar-refractivity contribution in [1.82, 2.24) is 15.0 Å². The van der Waals surface area contributed by atoms with Crippen LogP contribution in [0.5, 0.6) is 0 Å². The van der Waals surface area contributed by atoms with E-state index in [4.69, 9.17) is 0 Å². The third-order valence-electron chi connectivity index (χ3n) is 5.35.